The van der Waals surface area contributed by atoms with Crippen molar-refractivity contribution in [2.24, 2.45) is 5.92 Å². The molecule has 3 atom stereocenters. The third-order valence-electron chi connectivity index (χ3n) is 5.44. The SMILES string of the molecule is CC(C)C(CN(O)O)N(O)O.CCC(CN(O)O)N(O)O.CCCC(CN(O)O)N(O)O.OCN(CO)CCN(CO)CO. The highest BCUT2D eigenvalue weighted by Gasteiger charge is 2.21. The second-order valence-corrected chi connectivity index (χ2v) is 9.30. The van der Waals surface area contributed by atoms with Crippen LogP contribution in [0.25, 0.3) is 0 Å². The van der Waals surface area contributed by atoms with E-state index < -0.39 is 18.1 Å². The van der Waals surface area contributed by atoms with Gasteiger partial charge in [-0.1, -0.05) is 65.5 Å². The van der Waals surface area contributed by atoms with Crippen molar-refractivity contribution in [1.82, 2.24) is 41.2 Å². The third kappa shape index (κ3) is 32.4. The second-order valence-electron chi connectivity index (χ2n) is 9.30. The maximum Gasteiger partial charge on any atom is 0.0974 e. The molecule has 0 rings (SSSR count). The summed E-state index contributed by atoms with van der Waals surface area (Å²) in [5, 5.41) is 135. The van der Waals surface area contributed by atoms with Gasteiger partial charge in [0.1, 0.15) is 0 Å². The molecule has 0 aromatic heterocycles. The van der Waals surface area contributed by atoms with Crippen LogP contribution in [0.1, 0.15) is 47.0 Å². The number of aliphatic hydroxyl groups is 4. The Morgan fingerprint density at radius 1 is 0.477 bits per heavy atom. The minimum atomic E-state index is -0.718. The number of aliphatic hydroxyl groups excluding tert-OH is 4. The first-order chi connectivity index (χ1) is 20.4. The number of rotatable bonds is 20. The Labute approximate surface area is 255 Å². The zero-order valence-corrected chi connectivity index (χ0v) is 25.5. The Kier molecular flexibility index (Phi) is 36.3. The molecule has 24 nitrogen and oxygen atoms in total. The van der Waals surface area contributed by atoms with Crippen LogP contribution in [0.15, 0.2) is 0 Å². The standard InChI is InChI=1S/C6H16N2O4.2C5H14N2O4.C4H12N2O4/c9-3-7(4-10)1-2-8(5-11)6-12;1-4(2)5(7(10)11)3-6(8)9;1-2-3-5(7(10)11)4-6(8)9;1-2-4(6(9)10)3-5(7)8/h9-12H,1-6H2;4-5,8-11H,3H2,1-2H3;5,8-11H,2-4H2,1H3;4,7-10H,2-3H2,1H3. The van der Waals surface area contributed by atoms with Crippen molar-refractivity contribution in [1.29, 1.82) is 0 Å². The first kappa shape index (κ1) is 49.9. The van der Waals surface area contributed by atoms with E-state index in [0.29, 0.717) is 25.9 Å². The van der Waals surface area contributed by atoms with Crippen molar-refractivity contribution in [3.05, 3.63) is 0 Å². The summed E-state index contributed by atoms with van der Waals surface area (Å²) in [7, 11) is 0. The number of hydrogen-bond acceptors (Lipinski definition) is 24. The second kappa shape index (κ2) is 32.0. The van der Waals surface area contributed by atoms with Gasteiger partial charge in [-0.2, -0.15) is 0 Å². The van der Waals surface area contributed by atoms with Crippen LogP contribution in [0.4, 0.5) is 0 Å². The summed E-state index contributed by atoms with van der Waals surface area (Å²) in [4.78, 5) is 2.72. The molecule has 0 saturated heterocycles. The van der Waals surface area contributed by atoms with E-state index in [2.05, 4.69) is 0 Å². The van der Waals surface area contributed by atoms with Crippen LogP contribution >= 0.6 is 0 Å². The van der Waals surface area contributed by atoms with Crippen molar-refractivity contribution in [3.8, 4) is 0 Å². The molecule has 0 spiro atoms. The molecular weight excluding hydrogens is 608 g/mol. The van der Waals surface area contributed by atoms with E-state index in [0.717, 1.165) is 6.42 Å². The fraction of sp³-hybridized carbons (Fsp3) is 1.00. The molecular formula is C20H56N8O16. The monoisotopic (exact) mass is 664 g/mol. The van der Waals surface area contributed by atoms with Gasteiger partial charge in [-0.15, -0.1) is 0 Å². The van der Waals surface area contributed by atoms with Crippen LogP contribution in [0.3, 0.4) is 0 Å². The van der Waals surface area contributed by atoms with Crippen LogP contribution < -0.4 is 0 Å². The number of nitrogens with zero attached hydrogens (tertiary/aromatic N) is 8. The van der Waals surface area contributed by atoms with Gasteiger partial charge < -0.3 is 20.4 Å². The topological polar surface area (TPSA) is 350 Å². The summed E-state index contributed by atoms with van der Waals surface area (Å²) in [6.45, 7) is 6.16. The van der Waals surface area contributed by atoms with Crippen LogP contribution in [0.5, 0.6) is 0 Å². The quantitative estimate of drug-likeness (QED) is 0.0485. The van der Waals surface area contributed by atoms with Crippen molar-refractivity contribution in [2.45, 2.75) is 65.1 Å². The molecule has 0 aliphatic heterocycles. The van der Waals surface area contributed by atoms with Gasteiger partial charge in [0.2, 0.25) is 0 Å². The molecule has 0 fully saturated rings. The van der Waals surface area contributed by atoms with Crippen molar-refractivity contribution in [2.75, 3.05) is 59.6 Å². The Bertz CT molecular complexity index is 560. The Hall–Kier alpha value is -0.960. The Morgan fingerprint density at radius 2 is 0.818 bits per heavy atom. The molecule has 0 saturated carbocycles. The average molecular weight is 665 g/mol. The molecule has 0 bridgehead atoms. The molecule has 0 radical (unpaired) electrons. The van der Waals surface area contributed by atoms with E-state index in [9.17, 15) is 0 Å². The summed E-state index contributed by atoms with van der Waals surface area (Å²) in [5.41, 5.74) is 0. The van der Waals surface area contributed by atoms with Crippen molar-refractivity contribution in [3.63, 3.8) is 0 Å². The van der Waals surface area contributed by atoms with Crippen LogP contribution in [-0.4, -0.2) is 202 Å². The van der Waals surface area contributed by atoms with Crippen LogP contribution in [-0.2, 0) is 0 Å². The molecule has 0 amide bonds. The van der Waals surface area contributed by atoms with Crippen molar-refractivity contribution >= 4 is 0 Å². The molecule has 16 N–H and O–H groups in total. The largest absolute Gasteiger partial charge is 0.381 e. The van der Waals surface area contributed by atoms with E-state index in [1.807, 2.05) is 6.92 Å². The molecule has 3 unspecified atom stereocenters. The molecule has 0 heterocycles. The van der Waals surface area contributed by atoms with E-state index in [1.54, 1.807) is 20.8 Å². The van der Waals surface area contributed by atoms with Gasteiger partial charge in [-0.3, -0.25) is 72.3 Å². The highest BCUT2D eigenvalue weighted by atomic mass is 16.8. The minimum Gasteiger partial charge on any atom is -0.381 e. The smallest absolute Gasteiger partial charge is 0.0974 e. The van der Waals surface area contributed by atoms with Gasteiger partial charge >= 0.3 is 0 Å². The molecule has 0 aliphatic carbocycles. The molecule has 0 aromatic carbocycles. The predicted octanol–water partition coefficient (Wildman–Crippen LogP) is -2.20. The maximum atomic E-state index is 8.61. The van der Waals surface area contributed by atoms with E-state index >= 15 is 0 Å². The highest BCUT2D eigenvalue weighted by molar-refractivity contribution is 4.65. The molecule has 0 aromatic rings. The summed E-state index contributed by atoms with van der Waals surface area (Å²) in [6.07, 6.45) is 1.62. The zero-order valence-electron chi connectivity index (χ0n) is 25.5. The Balaban J connectivity index is -0.000000243. The summed E-state index contributed by atoms with van der Waals surface area (Å²) >= 11 is 0. The van der Waals surface area contributed by atoms with E-state index in [4.69, 9.17) is 82.9 Å². The summed E-state index contributed by atoms with van der Waals surface area (Å²) in [5.74, 6) is -0.0909. The normalized spacial score (nSPS) is 13.8. The first-order valence-corrected chi connectivity index (χ1v) is 13.2. The van der Waals surface area contributed by atoms with Crippen LogP contribution in [0, 0.1) is 5.92 Å². The lowest BCUT2D eigenvalue weighted by atomic mass is 10.1. The van der Waals surface area contributed by atoms with Gasteiger partial charge in [0.25, 0.3) is 0 Å². The van der Waals surface area contributed by atoms with Gasteiger partial charge in [0.15, 0.2) is 0 Å². The van der Waals surface area contributed by atoms with E-state index in [1.165, 1.54) is 9.80 Å². The Morgan fingerprint density at radius 3 is 0.977 bits per heavy atom. The van der Waals surface area contributed by atoms with Gasteiger partial charge in [-0.25, -0.2) is 0 Å². The fourth-order valence-electron chi connectivity index (χ4n) is 2.73. The lowest BCUT2D eigenvalue weighted by molar-refractivity contribution is -0.372. The number of hydroxylamine groups is 12. The number of hydrogen-bond donors (Lipinski definition) is 16. The van der Waals surface area contributed by atoms with Gasteiger partial charge in [0.05, 0.1) is 64.7 Å². The third-order valence-corrected chi connectivity index (χ3v) is 5.44. The lowest BCUT2D eigenvalue weighted by Crippen LogP contribution is -2.42. The van der Waals surface area contributed by atoms with Gasteiger partial charge in [0, 0.05) is 13.1 Å². The molecule has 272 valence electrons. The van der Waals surface area contributed by atoms with Crippen molar-refractivity contribution < 1.29 is 82.9 Å². The zero-order chi connectivity index (χ0) is 35.4. The average Bonchev–Trinajstić information content (AvgIpc) is 2.93. The first-order valence-electron chi connectivity index (χ1n) is 13.2. The fourth-order valence-corrected chi connectivity index (χ4v) is 2.73. The molecule has 44 heavy (non-hydrogen) atoms. The van der Waals surface area contributed by atoms with Gasteiger partial charge in [-0.05, 0) is 18.8 Å². The lowest BCUT2D eigenvalue weighted by Gasteiger charge is -2.24. The minimum absolute atomic E-state index is 0.0110. The maximum absolute atomic E-state index is 8.61. The van der Waals surface area contributed by atoms with Crippen LogP contribution in [0.2, 0.25) is 0 Å². The highest BCUT2D eigenvalue weighted by Crippen LogP contribution is 2.07. The summed E-state index contributed by atoms with van der Waals surface area (Å²) in [6, 6.07) is -2.07. The predicted molar refractivity (Wildman–Crippen MR) is 140 cm³/mol. The molecule has 24 heteroatoms. The molecule has 0 aliphatic rings. The van der Waals surface area contributed by atoms with E-state index in [-0.39, 0.29) is 83.8 Å². The summed E-state index contributed by atoms with van der Waals surface area (Å²) < 4.78 is 0.